The Balaban J connectivity index is 1.59. The van der Waals surface area contributed by atoms with Crippen LogP contribution in [0.2, 0.25) is 0 Å². The Labute approximate surface area is 143 Å². The minimum Gasteiger partial charge on any atom is -0.489 e. The molecule has 0 aliphatic heterocycles. The molecule has 2 aromatic carbocycles. The first-order valence-electron chi connectivity index (χ1n) is 8.39. The zero-order chi connectivity index (χ0) is 15.9. The zero-order valence-electron chi connectivity index (χ0n) is 13.3. The van der Waals surface area contributed by atoms with E-state index in [1.807, 2.05) is 42.5 Å². The van der Waals surface area contributed by atoms with Gasteiger partial charge in [-0.25, -0.2) is 0 Å². The van der Waals surface area contributed by atoms with Gasteiger partial charge in [0.1, 0.15) is 17.3 Å². The monoisotopic (exact) mass is 325 g/mol. The van der Waals surface area contributed by atoms with Gasteiger partial charge in [-0.3, -0.25) is 0 Å². The first-order chi connectivity index (χ1) is 11.3. The SMILES string of the molecule is S=C(NC1CCCCC1)c1cccc(OCc2ccccc2)c1. The summed E-state index contributed by atoms with van der Waals surface area (Å²) in [7, 11) is 0. The molecule has 0 heterocycles. The van der Waals surface area contributed by atoms with E-state index in [2.05, 4.69) is 17.4 Å². The molecule has 0 unspecified atom stereocenters. The molecule has 120 valence electrons. The molecule has 2 nitrogen and oxygen atoms in total. The first-order valence-corrected chi connectivity index (χ1v) is 8.80. The van der Waals surface area contributed by atoms with E-state index in [0.29, 0.717) is 12.6 Å². The van der Waals surface area contributed by atoms with E-state index in [0.717, 1.165) is 16.3 Å². The second-order valence-electron chi connectivity index (χ2n) is 6.11. The van der Waals surface area contributed by atoms with Crippen LogP contribution >= 0.6 is 12.2 Å². The van der Waals surface area contributed by atoms with Crippen molar-refractivity contribution in [3.63, 3.8) is 0 Å². The Morgan fingerprint density at radius 3 is 2.57 bits per heavy atom. The van der Waals surface area contributed by atoms with Crippen molar-refractivity contribution in [1.29, 1.82) is 0 Å². The van der Waals surface area contributed by atoms with Gasteiger partial charge in [0.05, 0.1) is 0 Å². The van der Waals surface area contributed by atoms with Gasteiger partial charge < -0.3 is 10.1 Å². The number of benzene rings is 2. The van der Waals surface area contributed by atoms with Crippen LogP contribution in [0.1, 0.15) is 43.2 Å². The van der Waals surface area contributed by atoms with E-state index >= 15 is 0 Å². The molecular weight excluding hydrogens is 302 g/mol. The molecule has 1 aliphatic rings. The van der Waals surface area contributed by atoms with E-state index < -0.39 is 0 Å². The fourth-order valence-electron chi connectivity index (χ4n) is 2.98. The zero-order valence-corrected chi connectivity index (χ0v) is 14.1. The highest BCUT2D eigenvalue weighted by atomic mass is 32.1. The summed E-state index contributed by atoms with van der Waals surface area (Å²) in [6.45, 7) is 0.576. The normalized spacial score (nSPS) is 15.1. The lowest BCUT2D eigenvalue weighted by Gasteiger charge is -2.24. The molecule has 0 aromatic heterocycles. The summed E-state index contributed by atoms with van der Waals surface area (Å²) < 4.78 is 5.89. The number of rotatable bonds is 5. The van der Waals surface area contributed by atoms with Gasteiger partial charge in [0.15, 0.2) is 0 Å². The summed E-state index contributed by atoms with van der Waals surface area (Å²) in [5, 5.41) is 3.51. The molecule has 0 spiro atoms. The molecule has 1 aliphatic carbocycles. The minimum atomic E-state index is 0.533. The second kappa shape index (κ2) is 8.11. The number of nitrogens with one attached hydrogen (secondary N) is 1. The molecule has 1 fully saturated rings. The van der Waals surface area contributed by atoms with E-state index in [1.165, 1.54) is 37.7 Å². The van der Waals surface area contributed by atoms with Crippen LogP contribution < -0.4 is 10.1 Å². The van der Waals surface area contributed by atoms with Crippen molar-refractivity contribution >= 4 is 17.2 Å². The van der Waals surface area contributed by atoms with Crippen LogP contribution in [0.3, 0.4) is 0 Å². The van der Waals surface area contributed by atoms with Gasteiger partial charge in [-0.1, -0.05) is 73.9 Å². The van der Waals surface area contributed by atoms with Crippen molar-refractivity contribution < 1.29 is 4.74 Å². The highest BCUT2D eigenvalue weighted by molar-refractivity contribution is 7.80. The molecule has 0 radical (unpaired) electrons. The van der Waals surface area contributed by atoms with Gasteiger partial charge in [-0.05, 0) is 30.5 Å². The maximum absolute atomic E-state index is 5.89. The maximum atomic E-state index is 5.89. The van der Waals surface area contributed by atoms with Gasteiger partial charge in [0.2, 0.25) is 0 Å². The standard InChI is InChI=1S/C20H23NOS/c23-20(21-18-11-5-2-6-12-18)17-10-7-13-19(14-17)22-15-16-8-3-1-4-9-16/h1,3-4,7-10,13-14,18H,2,5-6,11-12,15H2,(H,21,23). The summed E-state index contributed by atoms with van der Waals surface area (Å²) in [6, 6.07) is 18.8. The second-order valence-corrected chi connectivity index (χ2v) is 6.52. The third-order valence-electron chi connectivity index (χ3n) is 4.28. The molecule has 2 aromatic rings. The Morgan fingerprint density at radius 2 is 1.78 bits per heavy atom. The molecule has 0 atom stereocenters. The summed E-state index contributed by atoms with van der Waals surface area (Å²) in [5.41, 5.74) is 2.21. The average molecular weight is 325 g/mol. The van der Waals surface area contributed by atoms with Crippen LogP contribution in [0.25, 0.3) is 0 Å². The van der Waals surface area contributed by atoms with Gasteiger partial charge in [0.25, 0.3) is 0 Å². The lowest BCUT2D eigenvalue weighted by molar-refractivity contribution is 0.306. The maximum Gasteiger partial charge on any atom is 0.120 e. The molecule has 1 saturated carbocycles. The van der Waals surface area contributed by atoms with Crippen molar-refractivity contribution in [3.05, 3.63) is 65.7 Å². The Kier molecular flexibility index (Phi) is 5.65. The Bertz CT molecular complexity index is 635. The molecule has 0 amide bonds. The van der Waals surface area contributed by atoms with Gasteiger partial charge in [-0.2, -0.15) is 0 Å². The number of thiocarbonyl (C=S) groups is 1. The Hall–Kier alpha value is -1.87. The van der Waals surface area contributed by atoms with Crippen LogP contribution in [-0.4, -0.2) is 11.0 Å². The van der Waals surface area contributed by atoms with Crippen LogP contribution in [0.15, 0.2) is 54.6 Å². The predicted molar refractivity (Wildman–Crippen MR) is 98.9 cm³/mol. The summed E-state index contributed by atoms with van der Waals surface area (Å²) in [5.74, 6) is 0.860. The smallest absolute Gasteiger partial charge is 0.120 e. The van der Waals surface area contributed by atoms with E-state index in [9.17, 15) is 0 Å². The third-order valence-corrected chi connectivity index (χ3v) is 4.64. The van der Waals surface area contributed by atoms with Crippen molar-refractivity contribution in [2.45, 2.75) is 44.8 Å². The highest BCUT2D eigenvalue weighted by Crippen LogP contribution is 2.19. The van der Waals surface area contributed by atoms with E-state index in [4.69, 9.17) is 17.0 Å². The molecular formula is C20H23NOS. The quantitative estimate of drug-likeness (QED) is 0.793. The van der Waals surface area contributed by atoms with E-state index in [1.54, 1.807) is 0 Å². The highest BCUT2D eigenvalue weighted by Gasteiger charge is 2.14. The topological polar surface area (TPSA) is 21.3 Å². The summed E-state index contributed by atoms with van der Waals surface area (Å²) in [4.78, 5) is 0.835. The van der Waals surface area contributed by atoms with Crippen LogP contribution in [-0.2, 0) is 6.61 Å². The molecule has 3 rings (SSSR count). The van der Waals surface area contributed by atoms with Gasteiger partial charge in [0, 0.05) is 11.6 Å². The Morgan fingerprint density at radius 1 is 1.00 bits per heavy atom. The fourth-order valence-corrected chi connectivity index (χ4v) is 3.28. The lowest BCUT2D eigenvalue weighted by atomic mass is 9.95. The lowest BCUT2D eigenvalue weighted by Crippen LogP contribution is -2.35. The molecule has 0 bridgehead atoms. The summed E-state index contributed by atoms with van der Waals surface area (Å²) >= 11 is 5.57. The fraction of sp³-hybridized carbons (Fsp3) is 0.350. The first kappa shape index (κ1) is 16.0. The molecule has 3 heteroatoms. The third kappa shape index (κ3) is 4.80. The van der Waals surface area contributed by atoms with E-state index in [-0.39, 0.29) is 0 Å². The summed E-state index contributed by atoms with van der Waals surface area (Å²) in [6.07, 6.45) is 6.42. The van der Waals surface area contributed by atoms with Gasteiger partial charge in [-0.15, -0.1) is 0 Å². The largest absolute Gasteiger partial charge is 0.489 e. The number of ether oxygens (including phenoxy) is 1. The molecule has 0 saturated heterocycles. The van der Waals surface area contributed by atoms with Gasteiger partial charge >= 0.3 is 0 Å². The van der Waals surface area contributed by atoms with Crippen LogP contribution in [0.4, 0.5) is 0 Å². The number of hydrogen-bond acceptors (Lipinski definition) is 2. The van der Waals surface area contributed by atoms with Crippen molar-refractivity contribution in [2.24, 2.45) is 0 Å². The van der Waals surface area contributed by atoms with Crippen molar-refractivity contribution in [2.75, 3.05) is 0 Å². The minimum absolute atomic E-state index is 0.533. The predicted octanol–water partition coefficient (Wildman–Crippen LogP) is 4.86. The average Bonchev–Trinajstić information content (AvgIpc) is 2.62. The van der Waals surface area contributed by atoms with Crippen LogP contribution in [0, 0.1) is 0 Å². The number of hydrogen-bond donors (Lipinski definition) is 1. The van der Waals surface area contributed by atoms with Crippen molar-refractivity contribution in [3.8, 4) is 5.75 Å². The van der Waals surface area contributed by atoms with Crippen LogP contribution in [0.5, 0.6) is 5.75 Å². The molecule has 23 heavy (non-hydrogen) atoms. The van der Waals surface area contributed by atoms with Crippen molar-refractivity contribution in [1.82, 2.24) is 5.32 Å². The molecule has 1 N–H and O–H groups in total.